The molecule has 2 aliphatic rings. The van der Waals surface area contributed by atoms with E-state index in [0.717, 1.165) is 35.6 Å². The fraction of sp³-hybridized carbons (Fsp3) is 0.421. The number of methoxy groups -OCH3 is 1. The van der Waals surface area contributed by atoms with Crippen LogP contribution in [0.2, 0.25) is 0 Å². The van der Waals surface area contributed by atoms with Crippen molar-refractivity contribution >= 4 is 22.9 Å². The number of anilines is 1. The SMILES string of the molecule is COc1cc(C2CC(=O)Nc3ccsc32)ccc1OC1CCCC1. The maximum absolute atomic E-state index is 12.0. The summed E-state index contributed by atoms with van der Waals surface area (Å²) < 4.78 is 11.7. The molecule has 1 aromatic carbocycles. The van der Waals surface area contributed by atoms with Crippen molar-refractivity contribution < 1.29 is 14.3 Å². The molecule has 2 heterocycles. The molecular weight excluding hydrogens is 322 g/mol. The van der Waals surface area contributed by atoms with Gasteiger partial charge in [-0.05, 0) is 54.8 Å². The summed E-state index contributed by atoms with van der Waals surface area (Å²) in [5.74, 6) is 1.71. The van der Waals surface area contributed by atoms with E-state index < -0.39 is 0 Å². The van der Waals surface area contributed by atoms with Gasteiger partial charge in [-0.1, -0.05) is 6.07 Å². The third-order valence-electron chi connectivity index (χ3n) is 4.86. The van der Waals surface area contributed by atoms with Crippen molar-refractivity contribution in [3.05, 3.63) is 40.1 Å². The summed E-state index contributed by atoms with van der Waals surface area (Å²) in [6.07, 6.45) is 5.49. The lowest BCUT2D eigenvalue weighted by Crippen LogP contribution is -2.22. The van der Waals surface area contributed by atoms with Gasteiger partial charge >= 0.3 is 0 Å². The van der Waals surface area contributed by atoms with Crippen molar-refractivity contribution in [2.75, 3.05) is 12.4 Å². The van der Waals surface area contributed by atoms with E-state index >= 15 is 0 Å². The normalized spacial score (nSPS) is 20.5. The van der Waals surface area contributed by atoms with Crippen LogP contribution < -0.4 is 14.8 Å². The molecular formula is C19H21NO3S. The molecule has 1 atom stereocenters. The molecule has 0 spiro atoms. The van der Waals surface area contributed by atoms with E-state index in [1.807, 2.05) is 23.6 Å². The second kappa shape index (κ2) is 6.48. The van der Waals surface area contributed by atoms with E-state index in [9.17, 15) is 4.79 Å². The standard InChI is InChI=1S/C19H21NO3S/c1-22-17-10-12(6-7-16(17)23-13-4-2-3-5-13)14-11-18(21)20-15-8-9-24-19(14)15/h6-10,13-14H,2-5,11H2,1H3,(H,20,21). The first-order chi connectivity index (χ1) is 11.7. The fourth-order valence-corrected chi connectivity index (χ4v) is 4.61. The highest BCUT2D eigenvalue weighted by molar-refractivity contribution is 7.10. The first-order valence-corrected chi connectivity index (χ1v) is 9.34. The maximum atomic E-state index is 12.0. The molecule has 2 aromatic rings. The van der Waals surface area contributed by atoms with Gasteiger partial charge in [-0.3, -0.25) is 4.79 Å². The lowest BCUT2D eigenvalue weighted by Gasteiger charge is -2.24. The number of thiophene rings is 1. The Morgan fingerprint density at radius 3 is 2.79 bits per heavy atom. The second-order valence-electron chi connectivity index (χ2n) is 6.44. The van der Waals surface area contributed by atoms with Gasteiger partial charge < -0.3 is 14.8 Å². The molecule has 1 N–H and O–H groups in total. The molecule has 1 saturated carbocycles. The Kier molecular flexibility index (Phi) is 4.19. The second-order valence-corrected chi connectivity index (χ2v) is 7.39. The highest BCUT2D eigenvalue weighted by Crippen LogP contribution is 2.43. The number of fused-ring (bicyclic) bond motifs is 1. The molecule has 1 unspecified atom stereocenters. The zero-order valence-corrected chi connectivity index (χ0v) is 14.5. The van der Waals surface area contributed by atoms with Crippen molar-refractivity contribution in [1.82, 2.24) is 0 Å². The highest BCUT2D eigenvalue weighted by Gasteiger charge is 2.28. The third-order valence-corrected chi connectivity index (χ3v) is 5.89. The number of amides is 1. The van der Waals surface area contributed by atoms with E-state index in [1.54, 1.807) is 18.4 Å². The lowest BCUT2D eigenvalue weighted by atomic mass is 9.90. The first kappa shape index (κ1) is 15.5. The van der Waals surface area contributed by atoms with E-state index in [0.29, 0.717) is 12.5 Å². The van der Waals surface area contributed by atoms with Crippen LogP contribution in [-0.2, 0) is 4.79 Å². The molecule has 1 aliphatic carbocycles. The van der Waals surface area contributed by atoms with E-state index in [1.165, 1.54) is 17.7 Å². The van der Waals surface area contributed by atoms with Crippen LogP contribution in [0, 0.1) is 0 Å². The number of nitrogens with one attached hydrogen (secondary N) is 1. The van der Waals surface area contributed by atoms with Crippen molar-refractivity contribution in [3.63, 3.8) is 0 Å². The Bertz CT molecular complexity index is 749. The van der Waals surface area contributed by atoms with Gasteiger partial charge in [-0.25, -0.2) is 0 Å². The molecule has 0 radical (unpaired) electrons. The van der Waals surface area contributed by atoms with E-state index in [4.69, 9.17) is 9.47 Å². The van der Waals surface area contributed by atoms with Gasteiger partial charge in [0.25, 0.3) is 0 Å². The first-order valence-electron chi connectivity index (χ1n) is 8.46. The molecule has 4 rings (SSSR count). The van der Waals surface area contributed by atoms with Crippen LogP contribution >= 0.6 is 11.3 Å². The van der Waals surface area contributed by atoms with Gasteiger partial charge in [-0.15, -0.1) is 11.3 Å². The molecule has 0 saturated heterocycles. The predicted molar refractivity (Wildman–Crippen MR) is 95.3 cm³/mol. The smallest absolute Gasteiger partial charge is 0.225 e. The quantitative estimate of drug-likeness (QED) is 0.886. The number of hydrogen-bond acceptors (Lipinski definition) is 4. The Balaban J connectivity index is 1.63. The molecule has 24 heavy (non-hydrogen) atoms. The van der Waals surface area contributed by atoms with Crippen LogP contribution in [0.25, 0.3) is 0 Å². The number of hydrogen-bond donors (Lipinski definition) is 1. The number of ether oxygens (including phenoxy) is 2. The summed E-state index contributed by atoms with van der Waals surface area (Å²) in [5, 5.41) is 4.97. The number of rotatable bonds is 4. The predicted octanol–water partition coefficient (Wildman–Crippen LogP) is 4.55. The van der Waals surface area contributed by atoms with Crippen LogP contribution in [0.15, 0.2) is 29.6 Å². The molecule has 1 aliphatic heterocycles. The molecule has 5 heteroatoms. The lowest BCUT2D eigenvalue weighted by molar-refractivity contribution is -0.116. The zero-order chi connectivity index (χ0) is 16.5. The average molecular weight is 343 g/mol. The Labute approximate surface area is 145 Å². The maximum Gasteiger partial charge on any atom is 0.225 e. The minimum atomic E-state index is 0.0659. The van der Waals surface area contributed by atoms with E-state index in [2.05, 4.69) is 11.4 Å². The summed E-state index contributed by atoms with van der Waals surface area (Å²) in [6, 6.07) is 8.06. The van der Waals surface area contributed by atoms with Crippen molar-refractivity contribution in [2.24, 2.45) is 0 Å². The van der Waals surface area contributed by atoms with Crippen LogP contribution in [0.5, 0.6) is 11.5 Å². The summed E-state index contributed by atoms with van der Waals surface area (Å²) >= 11 is 1.69. The number of benzene rings is 1. The summed E-state index contributed by atoms with van der Waals surface area (Å²) in [4.78, 5) is 13.2. The average Bonchev–Trinajstić information content (AvgIpc) is 3.25. The van der Waals surface area contributed by atoms with Gasteiger partial charge in [-0.2, -0.15) is 0 Å². The van der Waals surface area contributed by atoms with Gasteiger partial charge in [0.2, 0.25) is 5.91 Å². The molecule has 1 aromatic heterocycles. The van der Waals surface area contributed by atoms with E-state index in [-0.39, 0.29) is 11.8 Å². The van der Waals surface area contributed by atoms with Crippen LogP contribution in [0.3, 0.4) is 0 Å². The molecule has 0 bridgehead atoms. The van der Waals surface area contributed by atoms with Gasteiger partial charge in [0.1, 0.15) is 0 Å². The molecule has 4 nitrogen and oxygen atoms in total. The third kappa shape index (κ3) is 2.88. The highest BCUT2D eigenvalue weighted by atomic mass is 32.1. The summed E-state index contributed by atoms with van der Waals surface area (Å²) in [7, 11) is 1.67. The van der Waals surface area contributed by atoms with Gasteiger partial charge in [0.15, 0.2) is 11.5 Å². The number of carbonyl (C=O) groups is 1. The molecule has 1 amide bonds. The fourth-order valence-electron chi connectivity index (χ4n) is 3.63. The number of carbonyl (C=O) groups excluding carboxylic acids is 1. The minimum Gasteiger partial charge on any atom is -0.493 e. The minimum absolute atomic E-state index is 0.0659. The van der Waals surface area contributed by atoms with Gasteiger partial charge in [0.05, 0.1) is 18.9 Å². The molecule has 1 fully saturated rings. The van der Waals surface area contributed by atoms with Gasteiger partial charge in [0, 0.05) is 17.2 Å². The van der Waals surface area contributed by atoms with Crippen LogP contribution in [0.4, 0.5) is 5.69 Å². The Hall–Kier alpha value is -2.01. The van der Waals surface area contributed by atoms with Crippen LogP contribution in [-0.4, -0.2) is 19.1 Å². The summed E-state index contributed by atoms with van der Waals surface area (Å²) in [6.45, 7) is 0. The van der Waals surface area contributed by atoms with Crippen molar-refractivity contribution in [1.29, 1.82) is 0 Å². The monoisotopic (exact) mass is 343 g/mol. The topological polar surface area (TPSA) is 47.6 Å². The molecule has 126 valence electrons. The van der Waals surface area contributed by atoms with Crippen LogP contribution in [0.1, 0.15) is 48.5 Å². The Morgan fingerprint density at radius 1 is 1.17 bits per heavy atom. The van der Waals surface area contributed by atoms with Crippen molar-refractivity contribution in [2.45, 2.75) is 44.1 Å². The van der Waals surface area contributed by atoms with Crippen molar-refractivity contribution in [3.8, 4) is 11.5 Å². The zero-order valence-electron chi connectivity index (χ0n) is 13.7. The summed E-state index contributed by atoms with van der Waals surface area (Å²) in [5.41, 5.74) is 2.04. The largest absolute Gasteiger partial charge is 0.493 e. The Morgan fingerprint density at radius 2 is 2.00 bits per heavy atom.